The molecule has 0 saturated carbocycles. The van der Waals surface area contributed by atoms with Crippen LogP contribution in [-0.4, -0.2) is 23.0 Å². The van der Waals surface area contributed by atoms with Crippen LogP contribution in [0.4, 0.5) is 0 Å². The predicted octanol–water partition coefficient (Wildman–Crippen LogP) is 5.48. The van der Waals surface area contributed by atoms with Crippen LogP contribution in [0.3, 0.4) is 0 Å². The minimum absolute atomic E-state index is 0.116. The summed E-state index contributed by atoms with van der Waals surface area (Å²) in [6.45, 7) is 6.47. The van der Waals surface area contributed by atoms with E-state index in [1.54, 1.807) is 0 Å². The number of Topliss-reactive ketones (excluding diaryl/α,β-unsaturated/α-hetero) is 1. The van der Waals surface area contributed by atoms with Gasteiger partial charge in [-0.25, -0.2) is 30.1 Å². The van der Waals surface area contributed by atoms with Crippen LogP contribution in [0, 0.1) is 0 Å². The average molecular weight is 358 g/mol. The van der Waals surface area contributed by atoms with Crippen molar-refractivity contribution in [1.29, 1.82) is 0 Å². The Morgan fingerprint density at radius 1 is 1.11 bits per heavy atom. The zero-order valence-electron chi connectivity index (χ0n) is 11.2. The highest BCUT2D eigenvalue weighted by Gasteiger charge is 2.13. The highest BCUT2D eigenvalue weighted by molar-refractivity contribution is 7.54. The summed E-state index contributed by atoms with van der Waals surface area (Å²) in [5.74, 6) is 0.505. The van der Waals surface area contributed by atoms with Gasteiger partial charge in [0.05, 0.1) is 0 Å². The van der Waals surface area contributed by atoms with Crippen LogP contribution in [0.5, 0.6) is 0 Å². The molecular weight excluding hydrogens is 341 g/mol. The Balaban J connectivity index is 0.000000711. The van der Waals surface area contributed by atoms with Gasteiger partial charge in [0.2, 0.25) is 0 Å². The Hall–Kier alpha value is 0.582. The zero-order chi connectivity index (χ0) is 15.1. The van der Waals surface area contributed by atoms with Crippen LogP contribution >= 0.6 is 41.7 Å². The van der Waals surface area contributed by atoms with Gasteiger partial charge < -0.3 is 0 Å². The maximum atomic E-state index is 11.5. The fourth-order valence-electron chi connectivity index (χ4n) is 1.39. The van der Waals surface area contributed by atoms with Crippen LogP contribution in [0.1, 0.15) is 43.1 Å². The second kappa shape index (κ2) is 9.51. The molecule has 0 aromatic heterocycles. The van der Waals surface area contributed by atoms with Gasteiger partial charge in [0.25, 0.3) is 0 Å². The molecule has 0 saturated heterocycles. The number of carbonyl (C=O) groups excluding carboxylic acids is 1. The number of hydrogen-bond acceptors (Lipinski definition) is 1. The summed E-state index contributed by atoms with van der Waals surface area (Å²) in [7, 11) is 14.8. The van der Waals surface area contributed by atoms with Gasteiger partial charge >= 0.3 is 11.4 Å². The Morgan fingerprint density at radius 3 is 1.84 bits per heavy atom. The summed E-state index contributed by atoms with van der Waals surface area (Å²) in [6.07, 6.45) is 0.413. The lowest BCUT2D eigenvalue weighted by atomic mass is 9.86. The fourth-order valence-corrected chi connectivity index (χ4v) is 1.56. The van der Waals surface area contributed by atoms with E-state index >= 15 is 0 Å². The topological polar surface area (TPSA) is 17.1 Å². The second-order valence-corrected chi connectivity index (χ2v) is 11.7. The van der Waals surface area contributed by atoms with Crippen molar-refractivity contribution >= 4 is 58.9 Å². The lowest BCUT2D eigenvalue weighted by Gasteiger charge is -2.18. The minimum atomic E-state index is -1.72. The van der Waals surface area contributed by atoms with Gasteiger partial charge in [0.15, 0.2) is 5.78 Å². The molecule has 0 amide bonds. The van der Waals surface area contributed by atoms with Crippen molar-refractivity contribution in [2.45, 2.75) is 32.6 Å². The highest BCUT2D eigenvalue weighted by Crippen LogP contribution is 2.22. The Bertz CT molecular complexity index is 382. The summed E-state index contributed by atoms with van der Waals surface area (Å²) in [6, 6.07) is 7.80. The molecule has 0 spiro atoms. The number of alkyl halides is 1. The molecule has 0 unspecified atom stereocenters. The van der Waals surface area contributed by atoms with E-state index in [4.69, 9.17) is 41.7 Å². The number of rotatable bonds is 3. The Morgan fingerprint density at radius 2 is 1.53 bits per heavy atom. The first-order valence-corrected chi connectivity index (χ1v) is 11.6. The van der Waals surface area contributed by atoms with Crippen molar-refractivity contribution in [2.75, 3.05) is 5.88 Å². The van der Waals surface area contributed by atoms with Crippen molar-refractivity contribution in [3.05, 3.63) is 35.4 Å². The SMILES string of the molecule is CC(C)(C)c1ccc(C(=O)CCCl)cc1.[Cl][Al]([Cl])[Cl]. The van der Waals surface area contributed by atoms with Crippen LogP contribution in [0.2, 0.25) is 0 Å². The number of benzene rings is 1. The molecule has 1 rings (SSSR count). The molecule has 1 nitrogen and oxygen atoms in total. The van der Waals surface area contributed by atoms with E-state index in [1.807, 2.05) is 24.3 Å². The molecule has 0 atom stereocenters. The summed E-state index contributed by atoms with van der Waals surface area (Å²) < 4.78 is 0. The van der Waals surface area contributed by atoms with E-state index < -0.39 is 11.4 Å². The normalized spacial score (nSPS) is 10.5. The van der Waals surface area contributed by atoms with Gasteiger partial charge in [-0.3, -0.25) is 4.79 Å². The smallest absolute Gasteiger partial charge is 0.294 e. The van der Waals surface area contributed by atoms with Crippen molar-refractivity contribution in [2.24, 2.45) is 0 Å². The third-order valence-electron chi connectivity index (χ3n) is 2.39. The number of hydrogen-bond donors (Lipinski definition) is 0. The first kappa shape index (κ1) is 19.6. The molecule has 1 aromatic rings. The summed E-state index contributed by atoms with van der Waals surface area (Å²) in [5, 5.41) is 0. The first-order valence-electron chi connectivity index (χ1n) is 5.80. The monoisotopic (exact) mass is 356 g/mol. The van der Waals surface area contributed by atoms with E-state index in [-0.39, 0.29) is 11.2 Å². The van der Waals surface area contributed by atoms with Gasteiger partial charge in [0, 0.05) is 17.9 Å². The Labute approximate surface area is 137 Å². The first-order chi connectivity index (χ1) is 8.68. The third kappa shape index (κ3) is 9.19. The fraction of sp³-hybridized carbons (Fsp3) is 0.462. The van der Waals surface area contributed by atoms with Gasteiger partial charge in [-0.2, -0.15) is 0 Å². The Kier molecular flexibility index (Phi) is 9.80. The van der Waals surface area contributed by atoms with Crippen LogP contribution in [-0.2, 0) is 5.41 Å². The van der Waals surface area contributed by atoms with E-state index in [0.717, 1.165) is 5.56 Å². The molecule has 0 aliphatic heterocycles. The van der Waals surface area contributed by atoms with Crippen molar-refractivity contribution in [1.82, 2.24) is 0 Å². The molecule has 0 N–H and O–H groups in total. The number of halogens is 4. The van der Waals surface area contributed by atoms with E-state index in [1.165, 1.54) is 5.56 Å². The van der Waals surface area contributed by atoms with Gasteiger partial charge in [-0.15, -0.1) is 11.6 Å². The lowest BCUT2D eigenvalue weighted by molar-refractivity contribution is 0.0989. The molecule has 6 heteroatoms. The number of carbonyl (C=O) groups is 1. The third-order valence-corrected chi connectivity index (χ3v) is 2.58. The lowest BCUT2D eigenvalue weighted by Crippen LogP contribution is -2.11. The molecule has 0 radical (unpaired) electrons. The molecule has 0 aliphatic carbocycles. The molecule has 0 heterocycles. The predicted molar refractivity (Wildman–Crippen MR) is 88.1 cm³/mol. The summed E-state index contributed by atoms with van der Waals surface area (Å²) in [5.41, 5.74) is 2.13. The van der Waals surface area contributed by atoms with Crippen LogP contribution < -0.4 is 0 Å². The van der Waals surface area contributed by atoms with E-state index in [0.29, 0.717) is 12.3 Å². The maximum absolute atomic E-state index is 11.5. The second-order valence-electron chi connectivity index (χ2n) is 4.94. The van der Waals surface area contributed by atoms with Crippen molar-refractivity contribution in [3.63, 3.8) is 0 Å². The number of ketones is 1. The summed E-state index contributed by atoms with van der Waals surface area (Å²) >= 11 is 3.81. The van der Waals surface area contributed by atoms with Gasteiger partial charge in [-0.05, 0) is 11.0 Å². The molecule has 19 heavy (non-hydrogen) atoms. The minimum Gasteiger partial charge on any atom is -0.294 e. The molecule has 1 aromatic carbocycles. The van der Waals surface area contributed by atoms with E-state index in [9.17, 15) is 4.79 Å². The van der Waals surface area contributed by atoms with Crippen LogP contribution in [0.15, 0.2) is 24.3 Å². The quantitative estimate of drug-likeness (QED) is 0.397. The highest BCUT2D eigenvalue weighted by atomic mass is 35.8. The molecule has 0 aliphatic rings. The van der Waals surface area contributed by atoms with Gasteiger partial charge in [0.1, 0.15) is 0 Å². The zero-order valence-corrected chi connectivity index (χ0v) is 15.4. The maximum Gasteiger partial charge on any atom is 0.643 e. The average Bonchev–Trinajstić information content (AvgIpc) is 2.27. The van der Waals surface area contributed by atoms with Crippen molar-refractivity contribution < 1.29 is 4.79 Å². The molecule has 106 valence electrons. The van der Waals surface area contributed by atoms with E-state index in [2.05, 4.69) is 20.8 Å². The van der Waals surface area contributed by atoms with Gasteiger partial charge in [-0.1, -0.05) is 45.0 Å². The summed E-state index contributed by atoms with van der Waals surface area (Å²) in [4.78, 5) is 11.5. The van der Waals surface area contributed by atoms with Crippen LogP contribution in [0.25, 0.3) is 0 Å². The largest absolute Gasteiger partial charge is 0.643 e. The molecule has 0 fully saturated rings. The molecule has 0 bridgehead atoms. The van der Waals surface area contributed by atoms with Crippen molar-refractivity contribution in [3.8, 4) is 0 Å². The molecular formula is C13H17AlCl4O. The standard InChI is InChI=1S/C13H17ClO.Al.3ClH/c1-13(2,3)11-6-4-10(5-7-11)12(15)8-9-14;;;;/h4-7H,8-9H2,1-3H3;;3*1H/q;+3;;;/p-3.